The third-order valence-electron chi connectivity index (χ3n) is 2.84. The lowest BCUT2D eigenvalue weighted by Gasteiger charge is -2.20. The van der Waals surface area contributed by atoms with Crippen molar-refractivity contribution in [2.45, 2.75) is 13.0 Å². The number of hydrogen-bond acceptors (Lipinski definition) is 4. The van der Waals surface area contributed by atoms with Gasteiger partial charge in [-0.05, 0) is 36.2 Å². The highest BCUT2D eigenvalue weighted by Crippen LogP contribution is 2.31. The van der Waals surface area contributed by atoms with E-state index in [0.717, 1.165) is 16.7 Å². The zero-order chi connectivity index (χ0) is 14.0. The molecule has 4 nitrogen and oxygen atoms in total. The lowest BCUT2D eigenvalue weighted by atomic mass is 9.99. The summed E-state index contributed by atoms with van der Waals surface area (Å²) < 4.78 is 13.8. The summed E-state index contributed by atoms with van der Waals surface area (Å²) in [6.45, 7) is 1.92. The van der Waals surface area contributed by atoms with E-state index in [9.17, 15) is 4.39 Å². The third-order valence-corrected chi connectivity index (χ3v) is 3.52. The number of nitrogens with two attached hydrogens (primary N) is 2. The number of halogens is 2. The number of rotatable bonds is 3. The van der Waals surface area contributed by atoms with Crippen LogP contribution in [0.25, 0.3) is 0 Å². The third kappa shape index (κ3) is 2.91. The highest BCUT2D eigenvalue weighted by molar-refractivity contribution is 9.10. The van der Waals surface area contributed by atoms with Gasteiger partial charge >= 0.3 is 0 Å². The molecule has 0 radical (unpaired) electrons. The van der Waals surface area contributed by atoms with Crippen LogP contribution < -0.4 is 17.0 Å². The van der Waals surface area contributed by atoms with Crippen molar-refractivity contribution in [3.8, 4) is 0 Å². The molecule has 1 unspecified atom stereocenters. The summed E-state index contributed by atoms with van der Waals surface area (Å²) >= 11 is 3.33. The number of nitrogens with zero attached hydrogens (tertiary/aromatic N) is 1. The van der Waals surface area contributed by atoms with Gasteiger partial charge in [0.2, 0.25) is 0 Å². The fraction of sp³-hybridized carbons (Fsp3) is 0.154. The van der Waals surface area contributed by atoms with E-state index in [4.69, 9.17) is 11.6 Å². The summed E-state index contributed by atoms with van der Waals surface area (Å²) in [5, 5.41) is 0. The van der Waals surface area contributed by atoms with Crippen LogP contribution in [0.1, 0.15) is 22.7 Å². The zero-order valence-electron chi connectivity index (χ0n) is 10.3. The number of benzene rings is 1. The molecule has 0 amide bonds. The predicted octanol–water partition coefficient (Wildman–Crippen LogP) is 2.43. The van der Waals surface area contributed by atoms with Crippen molar-refractivity contribution in [1.29, 1.82) is 0 Å². The molecular weight excluding hydrogens is 311 g/mol. The van der Waals surface area contributed by atoms with Gasteiger partial charge < -0.3 is 5.73 Å². The Bertz CT molecular complexity index is 603. The van der Waals surface area contributed by atoms with Crippen molar-refractivity contribution in [3.63, 3.8) is 0 Å². The zero-order valence-corrected chi connectivity index (χ0v) is 11.9. The number of nitrogens with one attached hydrogen (secondary N) is 1. The molecule has 2 rings (SSSR count). The Morgan fingerprint density at radius 2 is 2.05 bits per heavy atom. The first-order valence-electron chi connectivity index (χ1n) is 5.66. The summed E-state index contributed by atoms with van der Waals surface area (Å²) in [4.78, 5) is 4.11. The predicted molar refractivity (Wildman–Crippen MR) is 76.7 cm³/mol. The average Bonchev–Trinajstić information content (AvgIpc) is 2.36. The number of anilines is 1. The minimum absolute atomic E-state index is 0.318. The Hall–Kier alpha value is -1.50. The molecule has 0 spiro atoms. The minimum Gasteiger partial charge on any atom is -0.383 e. The maximum absolute atomic E-state index is 13.1. The van der Waals surface area contributed by atoms with E-state index < -0.39 is 0 Å². The molecule has 1 heterocycles. The Morgan fingerprint density at radius 3 is 2.68 bits per heavy atom. The van der Waals surface area contributed by atoms with E-state index in [1.807, 2.05) is 13.0 Å². The van der Waals surface area contributed by atoms with Gasteiger partial charge in [0.25, 0.3) is 0 Å². The monoisotopic (exact) mass is 324 g/mol. The summed E-state index contributed by atoms with van der Waals surface area (Å²) in [5.41, 5.74) is 11.1. The van der Waals surface area contributed by atoms with Gasteiger partial charge in [-0.15, -0.1) is 0 Å². The molecule has 0 saturated carbocycles. The van der Waals surface area contributed by atoms with Gasteiger partial charge in [0.05, 0.1) is 6.04 Å². The second kappa shape index (κ2) is 5.64. The first kappa shape index (κ1) is 13.9. The van der Waals surface area contributed by atoms with E-state index in [1.165, 1.54) is 12.1 Å². The lowest BCUT2D eigenvalue weighted by molar-refractivity contribution is 0.612. The van der Waals surface area contributed by atoms with Gasteiger partial charge in [-0.1, -0.05) is 22.0 Å². The van der Waals surface area contributed by atoms with Gasteiger partial charge in [0, 0.05) is 16.2 Å². The molecule has 1 aromatic heterocycles. The molecule has 19 heavy (non-hydrogen) atoms. The summed E-state index contributed by atoms with van der Waals surface area (Å²) in [5.74, 6) is 5.69. The van der Waals surface area contributed by atoms with Crippen molar-refractivity contribution in [1.82, 2.24) is 10.4 Å². The minimum atomic E-state index is -0.359. The maximum atomic E-state index is 13.1. The van der Waals surface area contributed by atoms with E-state index in [0.29, 0.717) is 10.3 Å². The van der Waals surface area contributed by atoms with Crippen LogP contribution in [0.15, 0.2) is 34.9 Å². The molecule has 0 aliphatic rings. The normalized spacial score (nSPS) is 12.4. The number of aromatic nitrogens is 1. The second-order valence-corrected chi connectivity index (χ2v) is 5.11. The number of aryl methyl sites for hydroxylation is 1. The molecule has 0 aliphatic carbocycles. The molecule has 6 heteroatoms. The standard InChI is InChI=1S/C13H14BrFN4/c1-7-4-10(13(16)18-6-7)12(19-17)9-3-2-8(15)5-11(9)14/h2-6,12,19H,17H2,1H3,(H2,16,18). The van der Waals surface area contributed by atoms with Crippen LogP contribution in [0, 0.1) is 12.7 Å². The molecule has 1 atom stereocenters. The molecule has 2 aromatic rings. The number of nitrogen functional groups attached to an aromatic ring is 1. The van der Waals surface area contributed by atoms with Crippen LogP contribution in [0.5, 0.6) is 0 Å². The molecule has 0 fully saturated rings. The number of hydrogen-bond donors (Lipinski definition) is 3. The van der Waals surface area contributed by atoms with Crippen LogP contribution >= 0.6 is 15.9 Å². The first-order valence-corrected chi connectivity index (χ1v) is 6.45. The average molecular weight is 325 g/mol. The summed E-state index contributed by atoms with van der Waals surface area (Å²) in [7, 11) is 0. The first-order chi connectivity index (χ1) is 9.02. The van der Waals surface area contributed by atoms with Crippen LogP contribution in [-0.2, 0) is 0 Å². The van der Waals surface area contributed by atoms with Gasteiger partial charge in [-0.25, -0.2) is 14.8 Å². The van der Waals surface area contributed by atoms with Gasteiger partial charge in [0.15, 0.2) is 0 Å². The quantitative estimate of drug-likeness (QED) is 0.598. The van der Waals surface area contributed by atoms with Crippen molar-refractivity contribution >= 4 is 21.7 Å². The topological polar surface area (TPSA) is 77.0 Å². The van der Waals surface area contributed by atoms with E-state index in [1.54, 1.807) is 12.3 Å². The van der Waals surface area contributed by atoms with Crippen LogP contribution in [0.2, 0.25) is 0 Å². The van der Waals surface area contributed by atoms with Gasteiger partial charge in [0.1, 0.15) is 11.6 Å². The Labute approximate surface area is 119 Å². The smallest absolute Gasteiger partial charge is 0.128 e. The second-order valence-electron chi connectivity index (χ2n) is 4.25. The molecule has 1 aromatic carbocycles. The molecule has 100 valence electrons. The van der Waals surface area contributed by atoms with Gasteiger partial charge in [-0.2, -0.15) is 0 Å². The van der Waals surface area contributed by atoms with E-state index in [2.05, 4.69) is 26.3 Å². The molecule has 0 bridgehead atoms. The van der Waals surface area contributed by atoms with E-state index >= 15 is 0 Å². The van der Waals surface area contributed by atoms with Crippen molar-refractivity contribution in [3.05, 3.63) is 57.4 Å². The van der Waals surface area contributed by atoms with Gasteiger partial charge in [-0.3, -0.25) is 5.84 Å². The highest BCUT2D eigenvalue weighted by atomic mass is 79.9. The Kier molecular flexibility index (Phi) is 4.14. The summed E-state index contributed by atoms with van der Waals surface area (Å²) in [6.07, 6.45) is 1.69. The molecule has 5 N–H and O–H groups in total. The maximum Gasteiger partial charge on any atom is 0.128 e. The van der Waals surface area contributed by atoms with Crippen molar-refractivity contribution in [2.75, 3.05) is 5.73 Å². The van der Waals surface area contributed by atoms with E-state index in [-0.39, 0.29) is 11.9 Å². The summed E-state index contributed by atoms with van der Waals surface area (Å²) in [6, 6.07) is 5.97. The van der Waals surface area contributed by atoms with Crippen LogP contribution in [0.3, 0.4) is 0 Å². The molecule has 0 aliphatic heterocycles. The number of pyridine rings is 1. The largest absolute Gasteiger partial charge is 0.383 e. The fourth-order valence-electron chi connectivity index (χ4n) is 1.92. The highest BCUT2D eigenvalue weighted by Gasteiger charge is 2.19. The Morgan fingerprint density at radius 1 is 1.32 bits per heavy atom. The van der Waals surface area contributed by atoms with Crippen molar-refractivity contribution in [2.24, 2.45) is 5.84 Å². The molecule has 0 saturated heterocycles. The van der Waals surface area contributed by atoms with Crippen molar-refractivity contribution < 1.29 is 4.39 Å². The lowest BCUT2D eigenvalue weighted by Crippen LogP contribution is -2.30. The SMILES string of the molecule is Cc1cnc(N)c(C(NN)c2ccc(F)cc2Br)c1. The molecular formula is C13H14BrFN4. The van der Waals surface area contributed by atoms with Crippen LogP contribution in [-0.4, -0.2) is 4.98 Å². The number of hydrazine groups is 1. The Balaban J connectivity index is 2.52. The van der Waals surface area contributed by atoms with Crippen LogP contribution in [0.4, 0.5) is 10.2 Å². The fourth-order valence-corrected chi connectivity index (χ4v) is 2.50.